The Labute approximate surface area is 516 Å². The Balaban J connectivity index is 0.000000783. The zero-order valence-electron chi connectivity index (χ0n) is 55.3. The molecular formula is C76H111N9. The van der Waals surface area contributed by atoms with E-state index in [9.17, 15) is 0 Å². The third-order valence-corrected chi connectivity index (χ3v) is 18.3. The largest absolute Gasteiger partial charge is 0.379 e. The molecule has 460 valence electrons. The third kappa shape index (κ3) is 19.4. The Kier molecular flexibility index (Phi) is 26.3. The van der Waals surface area contributed by atoms with Crippen molar-refractivity contribution in [3.63, 3.8) is 0 Å². The lowest BCUT2D eigenvalue weighted by molar-refractivity contribution is 0.216. The molecular weight excluding hydrogens is 1040 g/mol. The van der Waals surface area contributed by atoms with Crippen molar-refractivity contribution in [2.75, 3.05) is 40.3 Å². The lowest BCUT2D eigenvalue weighted by atomic mass is 9.79. The Hall–Kier alpha value is -6.29. The Morgan fingerprint density at radius 3 is 2.02 bits per heavy atom. The quantitative estimate of drug-likeness (QED) is 0.0389. The molecule has 9 heteroatoms. The minimum Gasteiger partial charge on any atom is -0.379 e. The van der Waals surface area contributed by atoms with Crippen molar-refractivity contribution in [3.05, 3.63) is 175 Å². The summed E-state index contributed by atoms with van der Waals surface area (Å²) in [5.74, 6) is 3.51. The third-order valence-electron chi connectivity index (χ3n) is 18.3. The van der Waals surface area contributed by atoms with Crippen LogP contribution in [0, 0.1) is 30.1 Å². The first-order chi connectivity index (χ1) is 40.7. The number of aryl methyl sites for hydroxylation is 2. The smallest absolute Gasteiger partial charge is 0.142 e. The van der Waals surface area contributed by atoms with Crippen molar-refractivity contribution in [1.82, 2.24) is 39.5 Å². The zero-order chi connectivity index (χ0) is 61.8. The number of fused-ring (bicyclic) bond motifs is 1. The molecule has 2 aliphatic rings. The molecule has 0 spiro atoms. The van der Waals surface area contributed by atoms with Gasteiger partial charge in [-0.15, -0.1) is 6.58 Å². The van der Waals surface area contributed by atoms with E-state index in [1.165, 1.54) is 94.1 Å². The van der Waals surface area contributed by atoms with Crippen molar-refractivity contribution >= 4 is 10.9 Å². The molecule has 1 saturated heterocycles. The molecule has 1 aliphatic heterocycles. The highest BCUT2D eigenvalue weighted by Crippen LogP contribution is 2.44. The summed E-state index contributed by atoms with van der Waals surface area (Å²) in [6, 6.07) is 28.6. The molecule has 0 bridgehead atoms. The van der Waals surface area contributed by atoms with E-state index in [0.29, 0.717) is 12.5 Å². The van der Waals surface area contributed by atoms with Gasteiger partial charge in [0.25, 0.3) is 0 Å². The van der Waals surface area contributed by atoms with E-state index in [2.05, 4.69) is 177 Å². The average Bonchev–Trinajstić information content (AvgIpc) is 1.92. The van der Waals surface area contributed by atoms with Crippen molar-refractivity contribution in [2.45, 2.75) is 191 Å². The number of rotatable bonds is 27. The summed E-state index contributed by atoms with van der Waals surface area (Å²) in [4.78, 5) is 22.1. The predicted octanol–water partition coefficient (Wildman–Crippen LogP) is 18.0. The number of hydrogen-bond donors (Lipinski definition) is 2. The minimum absolute atomic E-state index is 0.00755. The molecule has 3 aromatic heterocycles. The molecule has 0 amide bonds. The van der Waals surface area contributed by atoms with Crippen LogP contribution in [-0.4, -0.2) is 86.6 Å². The number of piperidine rings is 1. The van der Waals surface area contributed by atoms with E-state index in [0.717, 1.165) is 124 Å². The Morgan fingerprint density at radius 2 is 1.46 bits per heavy atom. The number of likely N-dealkylation sites (N-methyl/N-ethyl adjacent to an activating group) is 2. The second kappa shape index (κ2) is 33.0. The lowest BCUT2D eigenvalue weighted by Crippen LogP contribution is -2.45. The molecule has 0 radical (unpaired) electrons. The SMILES string of the molecule is C=CN(C)C(C(=C)NC(Cc1cc(C)cc(-c2ccc3c(c2)c(CC(C)(C)CCC(=C)C)c(-c2cc(-c4cnc(CN5CCCCC5)nc4)cnc2C(C)CC)n3CC)c1)C(=C)N(C)CCCCN)C(C)C.CC1CCCC1C.c1ccccc1. The van der Waals surface area contributed by atoms with Crippen molar-refractivity contribution < 1.29 is 0 Å². The molecule has 85 heavy (non-hydrogen) atoms. The van der Waals surface area contributed by atoms with Gasteiger partial charge in [-0.2, -0.15) is 0 Å². The fraction of sp³-hybridized carbons (Fsp3) is 0.513. The van der Waals surface area contributed by atoms with Crippen LogP contribution in [0.5, 0.6) is 0 Å². The van der Waals surface area contributed by atoms with Crippen LogP contribution in [0.3, 0.4) is 0 Å². The van der Waals surface area contributed by atoms with E-state index in [1.54, 1.807) is 0 Å². The summed E-state index contributed by atoms with van der Waals surface area (Å²) in [6.07, 6.45) is 22.9. The standard InChI is InChI=1S/C63H91N9.C7H14.C6H6/c1-16-46(9)60-55(37-52(39-67-60)53-40-65-59(66-41-53)42-71-30-21-19-22-31-71)62-56(38-63(12,13)27-26-43(4)5)54-36-50(24-25-58(54)72(62)18-3)51-33-45(8)32-49(34-51)35-57(48(11)70(15)29-23-20-28-64)68-47(10)61(44(6)7)69(14)17-2;1-6-4-3-5-7(6)2;1-2-4-6-5-3-1/h17,24-25,32-34,36-37,39-41,44,46,57,61,68H,2,4,10-11,16,18-23,26-31,35,38,42,64H2,1,3,5-9,12-15H3;6-7H,3-5H2,1-2H3;1-6H. The first-order valence-electron chi connectivity index (χ1n) is 32.5. The van der Waals surface area contributed by atoms with Gasteiger partial charge in [0.15, 0.2) is 0 Å². The first-order valence-corrected chi connectivity index (χ1v) is 32.5. The summed E-state index contributed by atoms with van der Waals surface area (Å²) in [5, 5.41) is 5.19. The average molecular weight is 1150 g/mol. The van der Waals surface area contributed by atoms with Gasteiger partial charge >= 0.3 is 0 Å². The molecule has 9 nitrogen and oxygen atoms in total. The maximum absolute atomic E-state index is 5.91. The molecule has 4 heterocycles. The molecule has 6 aromatic rings. The number of pyridine rings is 1. The number of aromatic nitrogens is 4. The number of allylic oxidation sites excluding steroid dienone is 1. The summed E-state index contributed by atoms with van der Waals surface area (Å²) in [6.45, 7) is 48.5. The van der Waals surface area contributed by atoms with Crippen LogP contribution in [-0.2, 0) is 25.9 Å². The van der Waals surface area contributed by atoms with Crippen molar-refractivity contribution in [1.29, 1.82) is 0 Å². The summed E-state index contributed by atoms with van der Waals surface area (Å²) >= 11 is 0. The van der Waals surface area contributed by atoms with Gasteiger partial charge in [0.1, 0.15) is 5.82 Å². The molecule has 3 N–H and O–H groups in total. The highest BCUT2D eigenvalue weighted by molar-refractivity contribution is 5.96. The van der Waals surface area contributed by atoms with E-state index in [4.69, 9.17) is 27.3 Å². The van der Waals surface area contributed by atoms with Gasteiger partial charge in [-0.05, 0) is 174 Å². The van der Waals surface area contributed by atoms with Crippen LogP contribution in [0.2, 0.25) is 0 Å². The number of nitrogens with two attached hydrogens (primary N) is 1. The van der Waals surface area contributed by atoms with E-state index >= 15 is 0 Å². The van der Waals surface area contributed by atoms with Gasteiger partial charge in [0.05, 0.1) is 30.0 Å². The number of nitrogens with one attached hydrogen (secondary N) is 1. The van der Waals surface area contributed by atoms with Crippen LogP contribution in [0.15, 0.2) is 147 Å². The summed E-state index contributed by atoms with van der Waals surface area (Å²) in [5.41, 5.74) is 22.3. The van der Waals surface area contributed by atoms with Crippen molar-refractivity contribution in [3.8, 4) is 33.5 Å². The van der Waals surface area contributed by atoms with Gasteiger partial charge in [-0.1, -0.05) is 173 Å². The van der Waals surface area contributed by atoms with Crippen LogP contribution in [0.1, 0.15) is 174 Å². The highest BCUT2D eigenvalue weighted by Gasteiger charge is 2.30. The van der Waals surface area contributed by atoms with Gasteiger partial charge in [0, 0.05) is 84.8 Å². The van der Waals surface area contributed by atoms with Gasteiger partial charge in [0.2, 0.25) is 0 Å². The fourth-order valence-electron chi connectivity index (χ4n) is 12.6. The van der Waals surface area contributed by atoms with Crippen LogP contribution >= 0.6 is 0 Å². The molecule has 3 aromatic carbocycles. The van der Waals surface area contributed by atoms with E-state index < -0.39 is 0 Å². The monoisotopic (exact) mass is 1150 g/mol. The number of hydrogen-bond acceptors (Lipinski definition) is 8. The number of nitrogens with zero attached hydrogens (tertiary/aromatic N) is 7. The van der Waals surface area contributed by atoms with Gasteiger partial charge < -0.3 is 25.4 Å². The maximum Gasteiger partial charge on any atom is 0.142 e. The second-order valence-corrected chi connectivity index (χ2v) is 26.4. The number of likely N-dealkylation sites (tertiary alicyclic amines) is 1. The Morgan fingerprint density at radius 1 is 0.812 bits per heavy atom. The number of unbranched alkanes of at least 4 members (excludes halogenated alkanes) is 1. The molecule has 8 rings (SSSR count). The molecule has 2 fully saturated rings. The normalized spacial score (nSPS) is 16.4. The summed E-state index contributed by atoms with van der Waals surface area (Å²) < 4.78 is 2.56. The highest BCUT2D eigenvalue weighted by atomic mass is 15.2. The fourth-order valence-corrected chi connectivity index (χ4v) is 12.6. The maximum atomic E-state index is 5.91. The molecule has 1 saturated carbocycles. The Bertz CT molecular complexity index is 3020. The van der Waals surface area contributed by atoms with Crippen LogP contribution in [0.25, 0.3) is 44.4 Å². The number of benzene rings is 3. The molecule has 1 aliphatic carbocycles. The minimum atomic E-state index is -0.0701. The van der Waals surface area contributed by atoms with Crippen LogP contribution < -0.4 is 11.1 Å². The van der Waals surface area contributed by atoms with Crippen LogP contribution in [0.4, 0.5) is 0 Å². The van der Waals surface area contributed by atoms with E-state index in [-0.39, 0.29) is 23.4 Å². The molecule has 5 unspecified atom stereocenters. The molecule has 5 atom stereocenters. The topological polar surface area (TPSA) is 91.4 Å². The second-order valence-electron chi connectivity index (χ2n) is 26.4. The lowest BCUT2D eigenvalue weighted by Gasteiger charge is -2.36. The van der Waals surface area contributed by atoms with Crippen molar-refractivity contribution in [2.24, 2.45) is 28.9 Å². The summed E-state index contributed by atoms with van der Waals surface area (Å²) in [7, 11) is 4.23. The first kappa shape index (κ1) is 67.8. The van der Waals surface area contributed by atoms with Gasteiger partial charge in [-0.25, -0.2) is 9.97 Å². The predicted molar refractivity (Wildman–Crippen MR) is 366 cm³/mol. The zero-order valence-corrected chi connectivity index (χ0v) is 55.3. The van der Waals surface area contributed by atoms with E-state index in [1.807, 2.05) is 61.2 Å². The van der Waals surface area contributed by atoms with Gasteiger partial charge in [-0.3, -0.25) is 9.88 Å².